The van der Waals surface area contributed by atoms with Gasteiger partial charge in [-0.3, -0.25) is 15.1 Å². The first-order chi connectivity index (χ1) is 10.8. The number of benzene rings is 1. The molecule has 1 heterocycles. The minimum atomic E-state index is -3.79. The van der Waals surface area contributed by atoms with Crippen molar-refractivity contribution in [1.29, 1.82) is 0 Å². The molecule has 0 saturated heterocycles. The lowest BCUT2D eigenvalue weighted by Crippen LogP contribution is -2.29. The number of aromatic nitrogens is 1. The van der Waals surface area contributed by atoms with E-state index in [0.717, 1.165) is 11.8 Å². The van der Waals surface area contributed by atoms with Crippen molar-refractivity contribution in [2.24, 2.45) is 0 Å². The van der Waals surface area contributed by atoms with Gasteiger partial charge in [-0.05, 0) is 24.6 Å². The zero-order valence-electron chi connectivity index (χ0n) is 12.8. The van der Waals surface area contributed by atoms with Gasteiger partial charge in [0.1, 0.15) is 0 Å². The Morgan fingerprint density at radius 3 is 2.61 bits per heavy atom. The first kappa shape index (κ1) is 17.0. The monoisotopic (exact) mass is 335 g/mol. The molecule has 0 spiro atoms. The van der Waals surface area contributed by atoms with E-state index in [0.29, 0.717) is 12.0 Å². The van der Waals surface area contributed by atoms with Crippen molar-refractivity contribution < 1.29 is 13.3 Å². The number of likely N-dealkylation sites (N-methyl/N-ethyl adjacent to an activating group) is 1. The van der Waals surface area contributed by atoms with Gasteiger partial charge in [-0.25, -0.2) is 12.7 Å². The molecule has 2 aromatic rings. The molecule has 0 radical (unpaired) electrons. The number of nitro benzene ring substituents is 1. The average molecular weight is 335 g/mol. The van der Waals surface area contributed by atoms with Gasteiger partial charge in [0.15, 0.2) is 0 Å². The SMILES string of the molecule is Cc1ccc([N+](=O)[O-])cc1S(=O)(=O)N(C)CCc1ccccn1. The molecule has 0 amide bonds. The van der Waals surface area contributed by atoms with E-state index < -0.39 is 14.9 Å². The van der Waals surface area contributed by atoms with E-state index in [-0.39, 0.29) is 17.1 Å². The Bertz CT molecular complexity index is 807. The first-order valence-corrected chi connectivity index (χ1v) is 8.37. The number of pyridine rings is 1. The summed E-state index contributed by atoms with van der Waals surface area (Å²) >= 11 is 0. The van der Waals surface area contributed by atoms with Crippen LogP contribution in [0.5, 0.6) is 0 Å². The number of hydrogen-bond acceptors (Lipinski definition) is 5. The fourth-order valence-corrected chi connectivity index (χ4v) is 3.50. The Hall–Kier alpha value is -2.32. The van der Waals surface area contributed by atoms with Crippen LogP contribution in [-0.2, 0) is 16.4 Å². The highest BCUT2D eigenvalue weighted by molar-refractivity contribution is 7.89. The molecule has 0 bridgehead atoms. The van der Waals surface area contributed by atoms with Crippen molar-refractivity contribution in [2.75, 3.05) is 13.6 Å². The summed E-state index contributed by atoms with van der Waals surface area (Å²) < 4.78 is 26.5. The molecule has 0 aliphatic carbocycles. The van der Waals surface area contributed by atoms with Crippen LogP contribution < -0.4 is 0 Å². The predicted molar refractivity (Wildman–Crippen MR) is 85.6 cm³/mol. The topological polar surface area (TPSA) is 93.4 Å². The number of hydrogen-bond donors (Lipinski definition) is 0. The molecule has 0 aliphatic rings. The second-order valence-electron chi connectivity index (χ2n) is 5.10. The van der Waals surface area contributed by atoms with Crippen molar-refractivity contribution in [3.63, 3.8) is 0 Å². The maximum Gasteiger partial charge on any atom is 0.270 e. The van der Waals surface area contributed by atoms with E-state index in [2.05, 4.69) is 4.98 Å². The normalized spacial score (nSPS) is 11.6. The molecule has 1 aromatic heterocycles. The molecule has 8 heteroatoms. The fraction of sp³-hybridized carbons (Fsp3) is 0.267. The molecule has 0 saturated carbocycles. The van der Waals surface area contributed by atoms with Crippen molar-refractivity contribution in [3.8, 4) is 0 Å². The Balaban J connectivity index is 2.23. The summed E-state index contributed by atoms with van der Waals surface area (Å²) in [4.78, 5) is 14.4. The van der Waals surface area contributed by atoms with E-state index in [1.54, 1.807) is 19.2 Å². The minimum absolute atomic E-state index is 0.0461. The molecule has 23 heavy (non-hydrogen) atoms. The minimum Gasteiger partial charge on any atom is -0.261 e. The van der Waals surface area contributed by atoms with E-state index in [1.807, 2.05) is 12.1 Å². The van der Waals surface area contributed by atoms with E-state index in [1.165, 1.54) is 23.5 Å². The number of non-ortho nitro benzene ring substituents is 1. The van der Waals surface area contributed by atoms with Gasteiger partial charge in [-0.2, -0.15) is 0 Å². The highest BCUT2D eigenvalue weighted by Gasteiger charge is 2.25. The highest BCUT2D eigenvalue weighted by Crippen LogP contribution is 2.24. The molecule has 0 fully saturated rings. The predicted octanol–water partition coefficient (Wildman–Crippen LogP) is 2.16. The van der Waals surface area contributed by atoms with Crippen molar-refractivity contribution in [1.82, 2.24) is 9.29 Å². The zero-order chi connectivity index (χ0) is 17.0. The highest BCUT2D eigenvalue weighted by atomic mass is 32.2. The summed E-state index contributed by atoms with van der Waals surface area (Å²) in [6, 6.07) is 9.28. The maximum absolute atomic E-state index is 12.6. The molecule has 0 unspecified atom stereocenters. The lowest BCUT2D eigenvalue weighted by atomic mass is 10.2. The number of sulfonamides is 1. The zero-order valence-corrected chi connectivity index (χ0v) is 13.7. The number of aryl methyl sites for hydroxylation is 1. The van der Waals surface area contributed by atoms with Gasteiger partial charge < -0.3 is 0 Å². The van der Waals surface area contributed by atoms with Crippen molar-refractivity contribution >= 4 is 15.7 Å². The van der Waals surface area contributed by atoms with E-state index >= 15 is 0 Å². The van der Waals surface area contributed by atoms with Crippen LogP contribution in [0.2, 0.25) is 0 Å². The summed E-state index contributed by atoms with van der Waals surface area (Å²) in [7, 11) is -2.34. The summed E-state index contributed by atoms with van der Waals surface area (Å²) in [5.74, 6) is 0. The van der Waals surface area contributed by atoms with Gasteiger partial charge in [0.05, 0.1) is 9.82 Å². The Labute approximate surface area is 134 Å². The molecule has 0 N–H and O–H groups in total. The first-order valence-electron chi connectivity index (χ1n) is 6.93. The van der Waals surface area contributed by atoms with Crippen LogP contribution in [0.3, 0.4) is 0 Å². The van der Waals surface area contributed by atoms with Crippen LogP contribution >= 0.6 is 0 Å². The number of nitro groups is 1. The quantitative estimate of drug-likeness (QED) is 0.595. The summed E-state index contributed by atoms with van der Waals surface area (Å²) in [5, 5.41) is 10.9. The van der Waals surface area contributed by atoms with Gasteiger partial charge in [-0.1, -0.05) is 12.1 Å². The number of rotatable bonds is 6. The van der Waals surface area contributed by atoms with Crippen molar-refractivity contribution in [2.45, 2.75) is 18.2 Å². The lowest BCUT2D eigenvalue weighted by molar-refractivity contribution is -0.385. The molecule has 0 aliphatic heterocycles. The standard InChI is InChI=1S/C15H17N3O4S/c1-12-6-7-14(18(19)20)11-15(12)23(21,22)17(2)10-8-13-5-3-4-9-16-13/h3-7,9,11H,8,10H2,1-2H3. The molecular formula is C15H17N3O4S. The summed E-state index contributed by atoms with van der Waals surface area (Å²) in [6.45, 7) is 1.85. The van der Waals surface area contributed by atoms with Gasteiger partial charge in [0, 0.05) is 44.0 Å². The Kier molecular flexibility index (Phi) is 5.07. The van der Waals surface area contributed by atoms with Crippen LogP contribution in [-0.4, -0.2) is 36.2 Å². The number of nitrogens with zero attached hydrogens (tertiary/aromatic N) is 3. The summed E-state index contributed by atoms with van der Waals surface area (Å²) in [6.07, 6.45) is 2.11. The van der Waals surface area contributed by atoms with Crippen LogP contribution in [0, 0.1) is 17.0 Å². The molecule has 0 atom stereocenters. The van der Waals surface area contributed by atoms with Crippen LogP contribution in [0.1, 0.15) is 11.3 Å². The second kappa shape index (κ2) is 6.84. The third kappa shape index (κ3) is 3.91. The molecule has 122 valence electrons. The fourth-order valence-electron chi connectivity index (χ4n) is 2.09. The van der Waals surface area contributed by atoms with Crippen LogP contribution in [0.15, 0.2) is 47.5 Å². The molecule has 2 rings (SSSR count). The van der Waals surface area contributed by atoms with Gasteiger partial charge in [0.2, 0.25) is 10.0 Å². The summed E-state index contributed by atoms with van der Waals surface area (Å²) in [5.41, 5.74) is 1.01. The van der Waals surface area contributed by atoms with Gasteiger partial charge in [-0.15, -0.1) is 0 Å². The van der Waals surface area contributed by atoms with Crippen LogP contribution in [0.4, 0.5) is 5.69 Å². The third-order valence-corrected chi connectivity index (χ3v) is 5.48. The van der Waals surface area contributed by atoms with Crippen molar-refractivity contribution in [3.05, 3.63) is 64.0 Å². The largest absolute Gasteiger partial charge is 0.270 e. The maximum atomic E-state index is 12.6. The smallest absolute Gasteiger partial charge is 0.261 e. The Morgan fingerprint density at radius 1 is 1.26 bits per heavy atom. The molecular weight excluding hydrogens is 318 g/mol. The van der Waals surface area contributed by atoms with Gasteiger partial charge >= 0.3 is 0 Å². The lowest BCUT2D eigenvalue weighted by Gasteiger charge is -2.18. The van der Waals surface area contributed by atoms with Crippen LogP contribution in [0.25, 0.3) is 0 Å². The second-order valence-corrected chi connectivity index (χ2v) is 7.12. The molecule has 7 nitrogen and oxygen atoms in total. The molecule has 1 aromatic carbocycles. The third-order valence-electron chi connectivity index (χ3n) is 3.48. The average Bonchev–Trinajstić information content (AvgIpc) is 2.53. The van der Waals surface area contributed by atoms with Gasteiger partial charge in [0.25, 0.3) is 5.69 Å². The van der Waals surface area contributed by atoms with E-state index in [9.17, 15) is 18.5 Å². The van der Waals surface area contributed by atoms with E-state index in [4.69, 9.17) is 0 Å². The Morgan fingerprint density at radius 2 is 2.00 bits per heavy atom.